The molecule has 0 radical (unpaired) electrons. The summed E-state index contributed by atoms with van der Waals surface area (Å²) in [6.45, 7) is 3.36. The van der Waals surface area contributed by atoms with Crippen LogP contribution in [0, 0.1) is 0 Å². The van der Waals surface area contributed by atoms with E-state index in [2.05, 4.69) is 16.5 Å². The Balaban J connectivity index is 2.57. The van der Waals surface area contributed by atoms with Crippen molar-refractivity contribution in [2.24, 2.45) is 0 Å². The number of aromatic nitrogens is 2. The second-order valence-electron chi connectivity index (χ2n) is 4.55. The van der Waals surface area contributed by atoms with Gasteiger partial charge in [-0.15, -0.1) is 6.58 Å². The van der Waals surface area contributed by atoms with Gasteiger partial charge in [-0.25, -0.2) is 4.98 Å². The maximum atomic E-state index is 13.2. The Hall–Kier alpha value is -1.24. The van der Waals surface area contributed by atoms with Crippen molar-refractivity contribution in [1.82, 2.24) is 9.97 Å². The Morgan fingerprint density at radius 2 is 1.90 bits per heavy atom. The van der Waals surface area contributed by atoms with Crippen LogP contribution in [-0.2, 0) is 5.60 Å². The van der Waals surface area contributed by atoms with Gasteiger partial charge in [0.15, 0.2) is 0 Å². The SMILES string of the molecule is C=CCCC(O)(c1nc2cc(Cl)c(Cl)cc2[nH]1)C(F)(F)F. The van der Waals surface area contributed by atoms with Crippen LogP contribution in [0.2, 0.25) is 10.0 Å². The van der Waals surface area contributed by atoms with Crippen molar-refractivity contribution in [3.05, 3.63) is 40.7 Å². The molecule has 2 aromatic rings. The summed E-state index contributed by atoms with van der Waals surface area (Å²) in [5.41, 5.74) is -2.62. The molecule has 0 saturated heterocycles. The minimum atomic E-state index is -4.88. The molecular formula is C13H11Cl2F3N2O. The molecule has 0 fully saturated rings. The van der Waals surface area contributed by atoms with E-state index in [1.54, 1.807) is 0 Å². The number of H-pyrrole nitrogens is 1. The van der Waals surface area contributed by atoms with Crippen molar-refractivity contribution in [2.45, 2.75) is 24.6 Å². The molecule has 0 spiro atoms. The lowest BCUT2D eigenvalue weighted by Gasteiger charge is -2.28. The summed E-state index contributed by atoms with van der Waals surface area (Å²) in [7, 11) is 0. The van der Waals surface area contributed by atoms with E-state index in [0.717, 1.165) is 0 Å². The van der Waals surface area contributed by atoms with Crippen LogP contribution < -0.4 is 0 Å². The number of fused-ring (bicyclic) bond motifs is 1. The van der Waals surface area contributed by atoms with Gasteiger partial charge in [0, 0.05) is 0 Å². The predicted octanol–water partition coefficient (Wildman–Crippen LogP) is 4.59. The van der Waals surface area contributed by atoms with Gasteiger partial charge in [0.05, 0.1) is 21.1 Å². The molecule has 1 aromatic carbocycles. The predicted molar refractivity (Wildman–Crippen MR) is 75.5 cm³/mol. The summed E-state index contributed by atoms with van der Waals surface area (Å²) >= 11 is 11.6. The summed E-state index contributed by atoms with van der Waals surface area (Å²) < 4.78 is 39.6. The number of allylic oxidation sites excluding steroid dienone is 1. The number of aliphatic hydroxyl groups is 1. The quantitative estimate of drug-likeness (QED) is 0.801. The standard InChI is InChI=1S/C13H11Cl2F3N2O/c1-2-3-4-12(21,13(16,17)18)11-19-9-5-7(14)8(15)6-10(9)20-11/h2,5-6,21H,1,3-4H2,(H,19,20). The number of nitrogens with zero attached hydrogens (tertiary/aromatic N) is 1. The van der Waals surface area contributed by atoms with Gasteiger partial charge in [-0.05, 0) is 25.0 Å². The third-order valence-corrected chi connectivity index (χ3v) is 3.82. The molecule has 1 unspecified atom stereocenters. The first-order chi connectivity index (χ1) is 9.69. The molecule has 0 saturated carbocycles. The third kappa shape index (κ3) is 2.88. The van der Waals surface area contributed by atoms with Gasteiger partial charge in [0.1, 0.15) is 5.82 Å². The van der Waals surface area contributed by atoms with Crippen molar-refractivity contribution in [1.29, 1.82) is 0 Å². The van der Waals surface area contributed by atoms with Gasteiger partial charge >= 0.3 is 6.18 Å². The smallest absolute Gasteiger partial charge is 0.374 e. The largest absolute Gasteiger partial charge is 0.424 e. The molecule has 3 nitrogen and oxygen atoms in total. The van der Waals surface area contributed by atoms with Crippen LogP contribution >= 0.6 is 23.2 Å². The fraction of sp³-hybridized carbons (Fsp3) is 0.308. The Kier molecular flexibility index (Phi) is 4.24. The van der Waals surface area contributed by atoms with Gasteiger partial charge in [-0.1, -0.05) is 29.3 Å². The van der Waals surface area contributed by atoms with Gasteiger partial charge in [0.25, 0.3) is 0 Å². The molecule has 1 aromatic heterocycles. The second kappa shape index (κ2) is 5.51. The Bertz CT molecular complexity index is 645. The second-order valence-corrected chi connectivity index (χ2v) is 5.37. The molecule has 0 aliphatic rings. The van der Waals surface area contributed by atoms with Crippen LogP contribution in [0.1, 0.15) is 18.7 Å². The zero-order valence-electron chi connectivity index (χ0n) is 10.6. The first-order valence-corrected chi connectivity index (χ1v) is 6.70. The highest BCUT2D eigenvalue weighted by atomic mass is 35.5. The molecular weight excluding hydrogens is 328 g/mol. The number of hydrogen-bond acceptors (Lipinski definition) is 2. The van der Waals surface area contributed by atoms with Crippen molar-refractivity contribution < 1.29 is 18.3 Å². The normalized spacial score (nSPS) is 15.1. The van der Waals surface area contributed by atoms with Gasteiger partial charge in [-0.3, -0.25) is 0 Å². The van der Waals surface area contributed by atoms with Gasteiger partial charge in [-0.2, -0.15) is 13.2 Å². The molecule has 21 heavy (non-hydrogen) atoms. The number of aromatic amines is 1. The first-order valence-electron chi connectivity index (χ1n) is 5.94. The zero-order chi connectivity index (χ0) is 15.8. The summed E-state index contributed by atoms with van der Waals surface area (Å²) in [5, 5.41) is 10.4. The summed E-state index contributed by atoms with van der Waals surface area (Å²) in [4.78, 5) is 6.26. The van der Waals surface area contributed by atoms with Crippen molar-refractivity contribution in [3.63, 3.8) is 0 Å². The van der Waals surface area contributed by atoms with Crippen LogP contribution in [-0.4, -0.2) is 21.3 Å². The lowest BCUT2D eigenvalue weighted by Crippen LogP contribution is -2.43. The number of nitrogens with one attached hydrogen (secondary N) is 1. The van der Waals surface area contributed by atoms with Crippen LogP contribution in [0.5, 0.6) is 0 Å². The number of hydrogen-bond donors (Lipinski definition) is 2. The van der Waals surface area contributed by atoms with E-state index >= 15 is 0 Å². The topological polar surface area (TPSA) is 48.9 Å². The molecule has 8 heteroatoms. The Labute approximate surface area is 128 Å². The molecule has 1 atom stereocenters. The highest BCUT2D eigenvalue weighted by Crippen LogP contribution is 2.42. The van der Waals surface area contributed by atoms with E-state index in [-0.39, 0.29) is 27.5 Å². The summed E-state index contributed by atoms with van der Waals surface area (Å²) in [6, 6.07) is 2.70. The summed E-state index contributed by atoms with van der Waals surface area (Å²) in [6.07, 6.45) is -4.18. The van der Waals surface area contributed by atoms with Crippen LogP contribution in [0.15, 0.2) is 24.8 Å². The monoisotopic (exact) mass is 338 g/mol. The average molecular weight is 339 g/mol. The number of alkyl halides is 3. The fourth-order valence-electron chi connectivity index (χ4n) is 1.91. The van der Waals surface area contributed by atoms with E-state index in [1.807, 2.05) is 0 Å². The van der Waals surface area contributed by atoms with Crippen LogP contribution in [0.3, 0.4) is 0 Å². The number of benzene rings is 1. The lowest BCUT2D eigenvalue weighted by atomic mass is 9.96. The highest BCUT2D eigenvalue weighted by molar-refractivity contribution is 6.42. The van der Waals surface area contributed by atoms with E-state index in [9.17, 15) is 18.3 Å². The Morgan fingerprint density at radius 1 is 1.29 bits per heavy atom. The lowest BCUT2D eigenvalue weighted by molar-refractivity contribution is -0.271. The van der Waals surface area contributed by atoms with Crippen LogP contribution in [0.4, 0.5) is 13.2 Å². The maximum absolute atomic E-state index is 13.2. The zero-order valence-corrected chi connectivity index (χ0v) is 12.1. The van der Waals surface area contributed by atoms with E-state index in [0.29, 0.717) is 0 Å². The fourth-order valence-corrected chi connectivity index (χ4v) is 2.23. The molecule has 2 rings (SSSR count). The molecule has 0 aliphatic heterocycles. The van der Waals surface area contributed by atoms with Gasteiger partial charge in [0.2, 0.25) is 5.60 Å². The first kappa shape index (κ1) is 16.1. The van der Waals surface area contributed by atoms with Crippen molar-refractivity contribution >= 4 is 34.2 Å². The minimum absolute atomic E-state index is 0.0193. The van der Waals surface area contributed by atoms with Crippen LogP contribution in [0.25, 0.3) is 11.0 Å². The third-order valence-electron chi connectivity index (χ3n) is 3.09. The van der Waals surface area contributed by atoms with E-state index < -0.39 is 24.0 Å². The molecule has 0 bridgehead atoms. The van der Waals surface area contributed by atoms with E-state index in [4.69, 9.17) is 23.2 Å². The molecule has 0 amide bonds. The minimum Gasteiger partial charge on any atom is -0.374 e. The van der Waals surface area contributed by atoms with E-state index in [1.165, 1.54) is 18.2 Å². The molecule has 0 aliphatic carbocycles. The molecule has 114 valence electrons. The average Bonchev–Trinajstić information content (AvgIpc) is 2.78. The molecule has 1 heterocycles. The van der Waals surface area contributed by atoms with Crippen molar-refractivity contribution in [3.8, 4) is 0 Å². The maximum Gasteiger partial charge on any atom is 0.424 e. The number of halogens is 5. The highest BCUT2D eigenvalue weighted by Gasteiger charge is 2.56. The summed E-state index contributed by atoms with van der Waals surface area (Å²) in [5.74, 6) is -0.592. The number of rotatable bonds is 4. The Morgan fingerprint density at radius 3 is 2.48 bits per heavy atom. The van der Waals surface area contributed by atoms with Gasteiger partial charge < -0.3 is 10.1 Å². The molecule has 2 N–H and O–H groups in total. The van der Waals surface area contributed by atoms with Crippen molar-refractivity contribution in [2.75, 3.05) is 0 Å². The number of imidazole rings is 1.